The number of carbonyl (C=O) groups excluding carboxylic acids is 1. The van der Waals surface area contributed by atoms with Crippen LogP contribution in [0.5, 0.6) is 0 Å². The van der Waals surface area contributed by atoms with E-state index in [9.17, 15) is 14.3 Å². The molecule has 0 bridgehead atoms. The van der Waals surface area contributed by atoms with Crippen LogP contribution in [0.4, 0.5) is 4.39 Å². The lowest BCUT2D eigenvalue weighted by molar-refractivity contribution is 0.0675. The van der Waals surface area contributed by atoms with E-state index in [-0.39, 0.29) is 29.6 Å². The van der Waals surface area contributed by atoms with Crippen LogP contribution in [0.1, 0.15) is 85.0 Å². The maximum absolute atomic E-state index is 13.8. The summed E-state index contributed by atoms with van der Waals surface area (Å²) in [6.07, 6.45) is 1.68. The number of amides is 1. The molecule has 1 fully saturated rings. The van der Waals surface area contributed by atoms with E-state index in [4.69, 9.17) is 10.2 Å². The van der Waals surface area contributed by atoms with Crippen molar-refractivity contribution >= 4 is 5.91 Å². The van der Waals surface area contributed by atoms with Gasteiger partial charge in [-0.15, -0.1) is 0 Å². The minimum atomic E-state index is -0.426. The van der Waals surface area contributed by atoms with Gasteiger partial charge >= 0.3 is 0 Å². The molecule has 2 heterocycles. The molecule has 0 unspecified atom stereocenters. The van der Waals surface area contributed by atoms with Crippen LogP contribution in [0.3, 0.4) is 0 Å². The maximum Gasteiger partial charge on any atom is 0.290 e. The summed E-state index contributed by atoms with van der Waals surface area (Å²) in [5.74, 6) is 5.45. The van der Waals surface area contributed by atoms with Gasteiger partial charge in [0.05, 0.1) is 12.2 Å². The number of halogens is 1. The van der Waals surface area contributed by atoms with Crippen LogP contribution < -0.4 is 5.73 Å². The monoisotopic (exact) mass is 492 g/mol. The molecule has 1 aromatic heterocycles. The van der Waals surface area contributed by atoms with Gasteiger partial charge in [0.15, 0.2) is 11.5 Å². The van der Waals surface area contributed by atoms with Crippen molar-refractivity contribution in [3.63, 3.8) is 0 Å². The molecule has 0 spiro atoms. The normalized spacial score (nSPS) is 12.9. The van der Waals surface area contributed by atoms with E-state index in [1.165, 1.54) is 17.7 Å². The number of benzene rings is 2. The number of likely N-dealkylation sites (tertiary alicyclic amines) is 1. The molecule has 1 aliphatic rings. The molecule has 2 aromatic carbocycles. The number of aliphatic hydroxyl groups excluding tert-OH is 1. The molecule has 0 atom stereocenters. The lowest BCUT2D eigenvalue weighted by Crippen LogP contribution is -2.38. The highest BCUT2D eigenvalue weighted by Gasteiger charge is 2.28. The Hall–Kier alpha value is -3.40. The van der Waals surface area contributed by atoms with Gasteiger partial charge in [0.2, 0.25) is 0 Å². The number of rotatable bonds is 4. The van der Waals surface area contributed by atoms with Crippen molar-refractivity contribution < 1.29 is 18.7 Å². The molecular formula is C30H37FN2O3. The largest absolute Gasteiger partial charge is 0.442 e. The molecule has 36 heavy (non-hydrogen) atoms. The van der Waals surface area contributed by atoms with Crippen LogP contribution in [-0.2, 0) is 13.2 Å². The Bertz CT molecular complexity index is 1170. The van der Waals surface area contributed by atoms with Crippen molar-refractivity contribution in [1.82, 2.24) is 4.90 Å². The first-order chi connectivity index (χ1) is 17.6. The summed E-state index contributed by atoms with van der Waals surface area (Å²) in [5.41, 5.74) is 8.73. The zero-order valence-corrected chi connectivity index (χ0v) is 21.7. The second kappa shape index (κ2) is 14.9. The fraction of sp³-hybridized carbons (Fsp3) is 0.367. The van der Waals surface area contributed by atoms with E-state index in [1.807, 2.05) is 39.8 Å². The van der Waals surface area contributed by atoms with Crippen LogP contribution in [-0.4, -0.2) is 29.0 Å². The standard InChI is InChI=1S/C26H25FN2O3.2C2H6/c27-24-7-2-1-5-20(24)8-9-23-15-22(17-30)25(32-23)26(31)29-12-10-19(11-13-29)21-6-3-4-18(14-21)16-28;2*1-2/h1-7,14-15,19,30H,10-13,16-17,28H2;2*1-2H3. The van der Waals surface area contributed by atoms with E-state index in [0.29, 0.717) is 31.1 Å². The van der Waals surface area contributed by atoms with Crippen molar-refractivity contribution in [3.05, 3.63) is 94.2 Å². The third kappa shape index (κ3) is 7.30. The number of carbonyl (C=O) groups is 1. The lowest BCUT2D eigenvalue weighted by atomic mass is 9.88. The number of aliphatic hydroxyl groups is 1. The minimum Gasteiger partial charge on any atom is -0.442 e. The summed E-state index contributed by atoms with van der Waals surface area (Å²) >= 11 is 0. The molecule has 0 aliphatic carbocycles. The lowest BCUT2D eigenvalue weighted by Gasteiger charge is -2.32. The van der Waals surface area contributed by atoms with Crippen molar-refractivity contribution in [2.24, 2.45) is 5.73 Å². The molecule has 0 saturated carbocycles. The molecule has 1 saturated heterocycles. The molecule has 3 aromatic rings. The summed E-state index contributed by atoms with van der Waals surface area (Å²) in [5, 5.41) is 9.70. The molecule has 6 heteroatoms. The molecular weight excluding hydrogens is 455 g/mol. The first kappa shape index (κ1) is 28.8. The SMILES string of the molecule is CC.CC.NCc1cccc(C2CCN(C(=O)c3oc(C#Cc4ccccc4F)cc3CO)CC2)c1. The van der Waals surface area contributed by atoms with E-state index in [0.717, 1.165) is 18.4 Å². The molecule has 3 N–H and O–H groups in total. The molecule has 4 rings (SSSR count). The van der Waals surface area contributed by atoms with Crippen molar-refractivity contribution in [3.8, 4) is 11.8 Å². The summed E-state index contributed by atoms with van der Waals surface area (Å²) in [7, 11) is 0. The van der Waals surface area contributed by atoms with Crippen molar-refractivity contribution in [1.29, 1.82) is 0 Å². The average molecular weight is 493 g/mol. The predicted molar refractivity (Wildman–Crippen MR) is 142 cm³/mol. The summed E-state index contributed by atoms with van der Waals surface area (Å²) in [4.78, 5) is 14.8. The van der Waals surface area contributed by atoms with Gasteiger partial charge in [-0.25, -0.2) is 4.39 Å². The third-order valence-electron chi connectivity index (χ3n) is 5.81. The van der Waals surface area contributed by atoms with Gasteiger partial charge in [-0.2, -0.15) is 0 Å². The Morgan fingerprint density at radius 1 is 1.06 bits per heavy atom. The number of nitrogens with two attached hydrogens (primary N) is 1. The first-order valence-electron chi connectivity index (χ1n) is 12.7. The number of hydrogen-bond acceptors (Lipinski definition) is 4. The number of hydrogen-bond donors (Lipinski definition) is 2. The van der Waals surface area contributed by atoms with Gasteiger partial charge in [0, 0.05) is 25.2 Å². The molecule has 0 radical (unpaired) electrons. The Balaban J connectivity index is 0.00000109. The molecule has 5 nitrogen and oxygen atoms in total. The Labute approximate surface area is 214 Å². The van der Waals surface area contributed by atoms with Gasteiger partial charge < -0.3 is 20.2 Å². The van der Waals surface area contributed by atoms with Crippen LogP contribution >= 0.6 is 0 Å². The predicted octanol–water partition coefficient (Wildman–Crippen LogP) is 5.84. The second-order valence-electron chi connectivity index (χ2n) is 7.87. The van der Waals surface area contributed by atoms with Gasteiger partial charge in [-0.1, -0.05) is 70.0 Å². The zero-order valence-electron chi connectivity index (χ0n) is 21.7. The van der Waals surface area contributed by atoms with Crippen LogP contribution in [0, 0.1) is 17.7 Å². The highest BCUT2D eigenvalue weighted by molar-refractivity contribution is 5.93. The Morgan fingerprint density at radius 3 is 2.39 bits per heavy atom. The topological polar surface area (TPSA) is 79.7 Å². The van der Waals surface area contributed by atoms with E-state index in [1.54, 1.807) is 23.1 Å². The number of piperidine rings is 1. The van der Waals surface area contributed by atoms with E-state index in [2.05, 4.69) is 24.0 Å². The van der Waals surface area contributed by atoms with Gasteiger partial charge in [-0.3, -0.25) is 4.79 Å². The summed E-state index contributed by atoms with van der Waals surface area (Å²) in [6.45, 7) is 9.36. The second-order valence-corrected chi connectivity index (χ2v) is 7.87. The van der Waals surface area contributed by atoms with Crippen molar-refractivity contribution in [2.45, 2.75) is 59.6 Å². The zero-order chi connectivity index (χ0) is 26.5. The highest BCUT2D eigenvalue weighted by atomic mass is 19.1. The fourth-order valence-electron chi connectivity index (χ4n) is 4.01. The van der Waals surface area contributed by atoms with Gasteiger partial charge in [0.25, 0.3) is 5.91 Å². The molecule has 1 aliphatic heterocycles. The first-order valence-corrected chi connectivity index (χ1v) is 12.7. The quantitative estimate of drug-likeness (QED) is 0.448. The Morgan fingerprint density at radius 2 is 1.75 bits per heavy atom. The molecule has 1 amide bonds. The number of nitrogens with zero attached hydrogens (tertiary/aromatic N) is 1. The third-order valence-corrected chi connectivity index (χ3v) is 5.81. The average Bonchev–Trinajstić information content (AvgIpc) is 3.38. The van der Waals surface area contributed by atoms with E-state index < -0.39 is 5.82 Å². The molecule has 192 valence electrons. The Kier molecular flexibility index (Phi) is 11.9. The van der Waals surface area contributed by atoms with Gasteiger partial charge in [0.1, 0.15) is 5.82 Å². The van der Waals surface area contributed by atoms with Gasteiger partial charge in [-0.05, 0) is 54.0 Å². The number of furan rings is 1. The van der Waals surface area contributed by atoms with Crippen LogP contribution in [0.2, 0.25) is 0 Å². The smallest absolute Gasteiger partial charge is 0.290 e. The van der Waals surface area contributed by atoms with E-state index >= 15 is 0 Å². The summed E-state index contributed by atoms with van der Waals surface area (Å²) in [6, 6.07) is 16.0. The summed E-state index contributed by atoms with van der Waals surface area (Å²) < 4.78 is 19.4. The highest BCUT2D eigenvalue weighted by Crippen LogP contribution is 2.30. The van der Waals surface area contributed by atoms with Crippen LogP contribution in [0.25, 0.3) is 0 Å². The maximum atomic E-state index is 13.8. The van der Waals surface area contributed by atoms with Crippen molar-refractivity contribution in [2.75, 3.05) is 13.1 Å². The fourth-order valence-corrected chi connectivity index (χ4v) is 4.01. The van der Waals surface area contributed by atoms with Crippen LogP contribution in [0.15, 0.2) is 59.0 Å². The minimum absolute atomic E-state index is 0.0916.